The fraction of sp³-hybridized carbons (Fsp3) is 0.421. The number of nitrogens with one attached hydrogen (secondary N) is 1. The second-order valence-corrected chi connectivity index (χ2v) is 6.71. The van der Waals surface area contributed by atoms with Crippen molar-refractivity contribution in [3.8, 4) is 0 Å². The van der Waals surface area contributed by atoms with Crippen molar-refractivity contribution in [2.24, 2.45) is 0 Å². The zero-order valence-corrected chi connectivity index (χ0v) is 16.8. The molecule has 1 amide bonds. The Morgan fingerprint density at radius 2 is 2.04 bits per heavy atom. The second-order valence-electron chi connectivity index (χ2n) is 6.30. The van der Waals surface area contributed by atoms with Crippen molar-refractivity contribution in [1.82, 2.24) is 9.55 Å². The summed E-state index contributed by atoms with van der Waals surface area (Å²) >= 11 is 6.16. The number of aromatic nitrogens is 2. The lowest BCUT2D eigenvalue weighted by atomic mass is 10.1. The monoisotopic (exact) mass is 408 g/mol. The first-order valence-electron chi connectivity index (χ1n) is 9.06. The number of H-pyrrole nitrogens is 1. The zero-order valence-electron chi connectivity index (χ0n) is 16.0. The number of nitrogens with two attached hydrogens (primary N) is 1. The van der Waals surface area contributed by atoms with E-state index in [1.54, 1.807) is 24.3 Å². The van der Waals surface area contributed by atoms with Crippen molar-refractivity contribution in [2.75, 3.05) is 30.9 Å². The average molecular weight is 409 g/mol. The largest absolute Gasteiger partial charge is 0.383 e. The summed E-state index contributed by atoms with van der Waals surface area (Å²) in [5.74, 6) is -0.408. The fourth-order valence-corrected chi connectivity index (χ4v) is 3.02. The topological polar surface area (TPSA) is 110 Å². The Morgan fingerprint density at radius 1 is 1.32 bits per heavy atom. The highest BCUT2D eigenvalue weighted by Crippen LogP contribution is 2.21. The average Bonchev–Trinajstić information content (AvgIpc) is 2.65. The summed E-state index contributed by atoms with van der Waals surface area (Å²) in [4.78, 5) is 41.2. The van der Waals surface area contributed by atoms with E-state index in [4.69, 9.17) is 22.1 Å². The molecule has 0 atom stereocenters. The molecule has 2 aromatic rings. The Hall–Kier alpha value is -2.58. The van der Waals surface area contributed by atoms with Gasteiger partial charge in [0.15, 0.2) is 5.69 Å². The van der Waals surface area contributed by atoms with Crippen LogP contribution in [0.3, 0.4) is 0 Å². The maximum absolute atomic E-state index is 13.0. The molecular weight excluding hydrogens is 384 g/mol. The molecule has 0 aliphatic rings. The van der Waals surface area contributed by atoms with Crippen LogP contribution in [0, 0.1) is 0 Å². The van der Waals surface area contributed by atoms with Crippen LogP contribution >= 0.6 is 11.6 Å². The highest BCUT2D eigenvalue weighted by atomic mass is 35.5. The third kappa shape index (κ3) is 5.02. The van der Waals surface area contributed by atoms with E-state index in [1.807, 2.05) is 6.92 Å². The minimum absolute atomic E-state index is 0.0175. The summed E-state index contributed by atoms with van der Waals surface area (Å²) < 4.78 is 6.36. The van der Waals surface area contributed by atoms with Crippen LogP contribution in [-0.2, 0) is 22.5 Å². The third-order valence-corrected chi connectivity index (χ3v) is 4.71. The van der Waals surface area contributed by atoms with Crippen LogP contribution in [-0.4, -0.2) is 35.7 Å². The number of aromatic amines is 1. The molecule has 0 saturated heterocycles. The molecule has 3 N–H and O–H groups in total. The number of carbonyl (C=O) groups is 1. The first-order valence-corrected chi connectivity index (χ1v) is 9.43. The van der Waals surface area contributed by atoms with E-state index in [9.17, 15) is 14.4 Å². The minimum atomic E-state index is -0.709. The molecule has 152 valence electrons. The van der Waals surface area contributed by atoms with Crippen LogP contribution in [0.15, 0.2) is 33.9 Å². The van der Waals surface area contributed by atoms with Gasteiger partial charge in [-0.05, 0) is 18.1 Å². The molecule has 28 heavy (non-hydrogen) atoms. The number of nitrogens with zero attached hydrogens (tertiary/aromatic N) is 2. The lowest BCUT2D eigenvalue weighted by Gasteiger charge is -2.24. The van der Waals surface area contributed by atoms with E-state index >= 15 is 0 Å². The smallest absolute Gasteiger partial charge is 0.330 e. The number of nitrogen functional groups attached to an aromatic ring is 1. The Morgan fingerprint density at radius 3 is 2.68 bits per heavy atom. The number of halogens is 1. The first kappa shape index (κ1) is 21.7. The maximum atomic E-state index is 13.0. The summed E-state index contributed by atoms with van der Waals surface area (Å²) in [6.07, 6.45) is 1.54. The number of benzene rings is 1. The Kier molecular flexibility index (Phi) is 7.83. The van der Waals surface area contributed by atoms with Crippen molar-refractivity contribution in [3.05, 3.63) is 55.7 Å². The quantitative estimate of drug-likeness (QED) is 0.657. The molecule has 0 radical (unpaired) electrons. The van der Waals surface area contributed by atoms with Crippen LogP contribution in [0.5, 0.6) is 0 Å². The molecule has 0 aliphatic carbocycles. The number of ether oxygens (including phenoxy) is 1. The maximum Gasteiger partial charge on any atom is 0.330 e. The standard InChI is InChI=1S/C19H25ClN4O4/c1-3-4-9-24-17(21)16(18(26)22-19(24)27)23(10-11-28-2)15(25)12-13-7-5-6-8-14(13)20/h5-8H,3-4,9-12,21H2,1-2H3,(H,22,26,27). The molecule has 8 nitrogen and oxygen atoms in total. The van der Waals surface area contributed by atoms with Gasteiger partial charge in [-0.15, -0.1) is 0 Å². The molecule has 9 heteroatoms. The van der Waals surface area contributed by atoms with Gasteiger partial charge < -0.3 is 15.4 Å². The first-order chi connectivity index (χ1) is 13.4. The molecule has 0 saturated carbocycles. The van der Waals surface area contributed by atoms with E-state index in [0.717, 1.165) is 6.42 Å². The number of amides is 1. The highest BCUT2D eigenvalue weighted by molar-refractivity contribution is 6.31. The van der Waals surface area contributed by atoms with Crippen LogP contribution in [0.2, 0.25) is 5.02 Å². The lowest BCUT2D eigenvalue weighted by molar-refractivity contribution is -0.118. The van der Waals surface area contributed by atoms with Gasteiger partial charge in [-0.25, -0.2) is 4.79 Å². The van der Waals surface area contributed by atoms with Crippen LogP contribution < -0.4 is 21.9 Å². The van der Waals surface area contributed by atoms with Gasteiger partial charge in [0, 0.05) is 25.2 Å². The lowest BCUT2D eigenvalue weighted by Crippen LogP contribution is -2.43. The Bertz CT molecular complexity index is 938. The van der Waals surface area contributed by atoms with Crippen molar-refractivity contribution in [2.45, 2.75) is 32.7 Å². The number of carbonyl (C=O) groups excluding carboxylic acids is 1. The Labute approximate surface area is 167 Å². The van der Waals surface area contributed by atoms with Crippen LogP contribution in [0.25, 0.3) is 0 Å². The summed E-state index contributed by atoms with van der Waals surface area (Å²) in [6.45, 7) is 2.63. The number of hydrogen-bond donors (Lipinski definition) is 2. The number of rotatable bonds is 9. The minimum Gasteiger partial charge on any atom is -0.383 e. The summed E-state index contributed by atoms with van der Waals surface area (Å²) in [6, 6.07) is 6.98. The molecule has 0 bridgehead atoms. The predicted octanol–water partition coefficient (Wildman–Crippen LogP) is 1.79. The van der Waals surface area contributed by atoms with Crippen molar-refractivity contribution in [3.63, 3.8) is 0 Å². The van der Waals surface area contributed by atoms with Crippen molar-refractivity contribution in [1.29, 1.82) is 0 Å². The molecule has 1 aromatic carbocycles. The van der Waals surface area contributed by atoms with Gasteiger partial charge in [0.05, 0.1) is 13.0 Å². The number of hydrogen-bond acceptors (Lipinski definition) is 5. The van der Waals surface area contributed by atoms with E-state index in [-0.39, 0.29) is 37.0 Å². The van der Waals surface area contributed by atoms with Gasteiger partial charge in [0.1, 0.15) is 5.82 Å². The number of anilines is 2. The van der Waals surface area contributed by atoms with Crippen LogP contribution in [0.1, 0.15) is 25.3 Å². The van der Waals surface area contributed by atoms with Gasteiger partial charge in [-0.3, -0.25) is 19.1 Å². The van der Waals surface area contributed by atoms with Crippen LogP contribution in [0.4, 0.5) is 11.5 Å². The number of unbranched alkanes of at least 4 members (excludes halogenated alkanes) is 1. The van der Waals surface area contributed by atoms with Gasteiger partial charge in [-0.1, -0.05) is 43.1 Å². The fourth-order valence-electron chi connectivity index (χ4n) is 2.82. The van der Waals surface area contributed by atoms with Crippen molar-refractivity contribution < 1.29 is 9.53 Å². The van der Waals surface area contributed by atoms with Crippen molar-refractivity contribution >= 4 is 29.0 Å². The molecule has 0 unspecified atom stereocenters. The highest BCUT2D eigenvalue weighted by Gasteiger charge is 2.24. The third-order valence-electron chi connectivity index (χ3n) is 4.34. The molecule has 0 spiro atoms. The summed E-state index contributed by atoms with van der Waals surface area (Å²) in [5, 5.41) is 0.456. The molecular formula is C19H25ClN4O4. The van der Waals surface area contributed by atoms with E-state index in [0.29, 0.717) is 23.6 Å². The summed E-state index contributed by atoms with van der Waals surface area (Å²) in [7, 11) is 1.49. The van der Waals surface area contributed by atoms with E-state index in [1.165, 1.54) is 16.6 Å². The normalized spacial score (nSPS) is 10.8. The molecule has 0 fully saturated rings. The Balaban J connectivity index is 2.47. The van der Waals surface area contributed by atoms with E-state index in [2.05, 4.69) is 4.98 Å². The zero-order chi connectivity index (χ0) is 20.7. The number of methoxy groups -OCH3 is 1. The second kappa shape index (κ2) is 10.1. The SMILES string of the molecule is CCCCn1c(N)c(N(CCOC)C(=O)Cc2ccccc2Cl)c(=O)[nH]c1=O. The van der Waals surface area contributed by atoms with Gasteiger partial charge in [-0.2, -0.15) is 0 Å². The molecule has 1 aromatic heterocycles. The molecule has 2 rings (SSSR count). The molecule has 1 heterocycles. The van der Waals surface area contributed by atoms with Gasteiger partial charge in [0.2, 0.25) is 5.91 Å². The summed E-state index contributed by atoms with van der Waals surface area (Å²) in [5.41, 5.74) is 5.42. The predicted molar refractivity (Wildman–Crippen MR) is 110 cm³/mol. The van der Waals surface area contributed by atoms with Gasteiger partial charge >= 0.3 is 5.69 Å². The van der Waals surface area contributed by atoms with E-state index < -0.39 is 11.2 Å². The van der Waals surface area contributed by atoms with Gasteiger partial charge in [0.25, 0.3) is 5.56 Å². The molecule has 0 aliphatic heterocycles.